The molecule has 0 bridgehead atoms. The van der Waals surface area contributed by atoms with Gasteiger partial charge in [0, 0.05) is 18.0 Å². The minimum Gasteiger partial charge on any atom is -0.488 e. The molecule has 0 fully saturated rings. The second-order valence-corrected chi connectivity index (χ2v) is 6.62. The van der Waals surface area contributed by atoms with E-state index in [2.05, 4.69) is 10.5 Å². The number of nitrogens with zero attached hydrogens (tertiary/aromatic N) is 2. The highest BCUT2D eigenvalue weighted by molar-refractivity contribution is 5.98. The number of carbonyl (C=O) groups excluding carboxylic acids is 1. The molecule has 0 aliphatic rings. The molecule has 0 aliphatic carbocycles. The van der Waals surface area contributed by atoms with Gasteiger partial charge >= 0.3 is 0 Å². The number of hydrogen-bond donors (Lipinski definition) is 1. The number of carbonyl (C=O) groups is 1. The van der Waals surface area contributed by atoms with E-state index in [-0.39, 0.29) is 5.91 Å². The molecule has 0 aliphatic heterocycles. The van der Waals surface area contributed by atoms with Crippen LogP contribution in [0, 0.1) is 0 Å². The van der Waals surface area contributed by atoms with E-state index in [4.69, 9.17) is 4.74 Å². The highest BCUT2D eigenvalue weighted by Gasteiger charge is 2.11. The molecular weight excluding hydrogens is 374 g/mol. The number of rotatable bonds is 7. The van der Waals surface area contributed by atoms with Crippen molar-refractivity contribution in [2.24, 2.45) is 5.10 Å². The number of benzene rings is 3. The standard InChI is InChI=1S/C25H21N3O2/c29-25(22-13-5-6-14-23(22)28-16-8-9-17-28)27-26-18-21-12-4-7-15-24(21)30-19-20-10-2-1-3-11-20/h1-18H,19H2,(H,27,29). The van der Waals surface area contributed by atoms with Crippen LogP contribution in [-0.4, -0.2) is 16.7 Å². The maximum Gasteiger partial charge on any atom is 0.273 e. The van der Waals surface area contributed by atoms with Gasteiger partial charge in [0.2, 0.25) is 0 Å². The first-order chi connectivity index (χ1) is 14.8. The molecule has 1 amide bonds. The number of hydrogen-bond acceptors (Lipinski definition) is 3. The van der Waals surface area contributed by atoms with Gasteiger partial charge in [-0.3, -0.25) is 4.79 Å². The Hall–Kier alpha value is -4.12. The average Bonchev–Trinajstić information content (AvgIpc) is 3.34. The Kier molecular flexibility index (Phi) is 6.01. The van der Waals surface area contributed by atoms with E-state index in [1.54, 1.807) is 12.3 Å². The highest BCUT2D eigenvalue weighted by atomic mass is 16.5. The van der Waals surface area contributed by atoms with Crippen LogP contribution in [-0.2, 0) is 6.61 Å². The van der Waals surface area contributed by atoms with Gasteiger partial charge in [-0.1, -0.05) is 54.6 Å². The van der Waals surface area contributed by atoms with E-state index in [0.717, 1.165) is 16.8 Å². The van der Waals surface area contributed by atoms with Crippen molar-refractivity contribution in [1.82, 2.24) is 9.99 Å². The van der Waals surface area contributed by atoms with Gasteiger partial charge in [-0.05, 0) is 42.0 Å². The molecule has 0 radical (unpaired) electrons. The van der Waals surface area contributed by atoms with Gasteiger partial charge in [-0.2, -0.15) is 5.10 Å². The lowest BCUT2D eigenvalue weighted by Crippen LogP contribution is -2.19. The van der Waals surface area contributed by atoms with Gasteiger partial charge in [0.05, 0.1) is 17.5 Å². The Morgan fingerprint density at radius 2 is 1.57 bits per heavy atom. The van der Waals surface area contributed by atoms with Crippen molar-refractivity contribution in [2.45, 2.75) is 6.61 Å². The number of nitrogens with one attached hydrogen (secondary N) is 1. The summed E-state index contributed by atoms with van der Waals surface area (Å²) in [6.45, 7) is 0.461. The molecule has 148 valence electrons. The Morgan fingerprint density at radius 3 is 2.40 bits per heavy atom. The summed E-state index contributed by atoms with van der Waals surface area (Å²) in [5, 5.41) is 4.14. The maximum atomic E-state index is 12.7. The fourth-order valence-corrected chi connectivity index (χ4v) is 3.06. The molecule has 0 atom stereocenters. The second-order valence-electron chi connectivity index (χ2n) is 6.62. The minimum atomic E-state index is -0.279. The normalized spacial score (nSPS) is 10.8. The molecule has 5 nitrogen and oxygen atoms in total. The quantitative estimate of drug-likeness (QED) is 0.360. The number of hydrazone groups is 1. The average molecular weight is 395 g/mol. The summed E-state index contributed by atoms with van der Waals surface area (Å²) in [5.41, 5.74) is 5.81. The summed E-state index contributed by atoms with van der Waals surface area (Å²) in [4.78, 5) is 12.7. The number of amides is 1. The molecule has 1 aromatic heterocycles. The SMILES string of the molecule is O=C(NN=Cc1ccccc1OCc1ccccc1)c1ccccc1-n1cccc1. The molecule has 0 unspecified atom stereocenters. The van der Waals surface area contributed by atoms with Crippen LogP contribution >= 0.6 is 0 Å². The molecule has 0 saturated carbocycles. The fraction of sp³-hybridized carbons (Fsp3) is 0.0400. The van der Waals surface area contributed by atoms with Gasteiger partial charge < -0.3 is 9.30 Å². The number of aromatic nitrogens is 1. The van der Waals surface area contributed by atoms with Crippen molar-refractivity contribution < 1.29 is 9.53 Å². The number of para-hydroxylation sites is 2. The summed E-state index contributed by atoms with van der Waals surface area (Å²) in [7, 11) is 0. The molecule has 0 saturated heterocycles. The van der Waals surface area contributed by atoms with E-state index in [0.29, 0.717) is 17.9 Å². The second kappa shape index (κ2) is 9.39. The third kappa shape index (κ3) is 4.64. The zero-order valence-corrected chi connectivity index (χ0v) is 16.3. The molecule has 4 rings (SSSR count). The molecule has 1 N–H and O–H groups in total. The van der Waals surface area contributed by atoms with Gasteiger partial charge in [0.25, 0.3) is 5.91 Å². The van der Waals surface area contributed by atoms with E-state index in [9.17, 15) is 4.79 Å². The largest absolute Gasteiger partial charge is 0.488 e. The monoisotopic (exact) mass is 395 g/mol. The number of ether oxygens (including phenoxy) is 1. The van der Waals surface area contributed by atoms with Crippen LogP contribution in [0.25, 0.3) is 5.69 Å². The molecule has 5 heteroatoms. The Morgan fingerprint density at radius 1 is 0.867 bits per heavy atom. The van der Waals surface area contributed by atoms with Crippen molar-refractivity contribution in [3.05, 3.63) is 120 Å². The van der Waals surface area contributed by atoms with Crippen molar-refractivity contribution >= 4 is 12.1 Å². The lowest BCUT2D eigenvalue weighted by molar-refractivity contribution is 0.0955. The van der Waals surface area contributed by atoms with Crippen LogP contribution in [0.3, 0.4) is 0 Å². The molecule has 3 aromatic carbocycles. The van der Waals surface area contributed by atoms with Crippen LogP contribution in [0.1, 0.15) is 21.5 Å². The summed E-state index contributed by atoms with van der Waals surface area (Å²) >= 11 is 0. The maximum absolute atomic E-state index is 12.7. The molecule has 0 spiro atoms. The van der Waals surface area contributed by atoms with E-state index >= 15 is 0 Å². The molecule has 30 heavy (non-hydrogen) atoms. The van der Waals surface area contributed by atoms with Crippen LogP contribution in [0.5, 0.6) is 5.75 Å². The van der Waals surface area contributed by atoms with Gasteiger partial charge in [-0.15, -0.1) is 0 Å². The lowest BCUT2D eigenvalue weighted by Gasteiger charge is -2.10. The molecule has 1 heterocycles. The van der Waals surface area contributed by atoms with Crippen molar-refractivity contribution in [3.8, 4) is 11.4 Å². The van der Waals surface area contributed by atoms with Crippen molar-refractivity contribution in [2.75, 3.05) is 0 Å². The first-order valence-corrected chi connectivity index (χ1v) is 9.63. The smallest absolute Gasteiger partial charge is 0.273 e. The molecular formula is C25H21N3O2. The highest BCUT2D eigenvalue weighted by Crippen LogP contribution is 2.18. The van der Waals surface area contributed by atoms with Gasteiger partial charge in [0.1, 0.15) is 12.4 Å². The summed E-state index contributed by atoms with van der Waals surface area (Å²) in [5.74, 6) is 0.422. The first-order valence-electron chi connectivity index (χ1n) is 9.63. The van der Waals surface area contributed by atoms with Gasteiger partial charge in [-0.25, -0.2) is 5.43 Å². The van der Waals surface area contributed by atoms with E-state index in [1.165, 1.54) is 0 Å². The Labute approximate surface area is 175 Å². The predicted octanol–water partition coefficient (Wildman–Crippen LogP) is 4.82. The summed E-state index contributed by atoms with van der Waals surface area (Å²) in [6.07, 6.45) is 5.39. The van der Waals surface area contributed by atoms with Crippen molar-refractivity contribution in [3.63, 3.8) is 0 Å². The Bertz CT molecular complexity index is 1140. The lowest BCUT2D eigenvalue weighted by atomic mass is 10.1. The third-order valence-corrected chi connectivity index (χ3v) is 4.56. The first kappa shape index (κ1) is 19.2. The minimum absolute atomic E-state index is 0.279. The predicted molar refractivity (Wildman–Crippen MR) is 118 cm³/mol. The van der Waals surface area contributed by atoms with E-state index < -0.39 is 0 Å². The molecule has 4 aromatic rings. The van der Waals surface area contributed by atoms with E-state index in [1.807, 2.05) is 102 Å². The third-order valence-electron chi connectivity index (χ3n) is 4.56. The fourth-order valence-electron chi connectivity index (χ4n) is 3.06. The van der Waals surface area contributed by atoms with Crippen molar-refractivity contribution in [1.29, 1.82) is 0 Å². The van der Waals surface area contributed by atoms with Crippen LogP contribution < -0.4 is 10.2 Å². The zero-order valence-electron chi connectivity index (χ0n) is 16.3. The van der Waals surface area contributed by atoms with Gasteiger partial charge in [0.15, 0.2) is 0 Å². The Balaban J connectivity index is 1.45. The van der Waals surface area contributed by atoms with Crippen LogP contribution in [0.4, 0.5) is 0 Å². The topological polar surface area (TPSA) is 55.6 Å². The summed E-state index contributed by atoms with van der Waals surface area (Å²) in [6, 6.07) is 28.8. The van der Waals surface area contributed by atoms with Crippen LogP contribution in [0.15, 0.2) is 108 Å². The van der Waals surface area contributed by atoms with Crippen LogP contribution in [0.2, 0.25) is 0 Å². The summed E-state index contributed by atoms with van der Waals surface area (Å²) < 4.78 is 7.82. The zero-order chi connectivity index (χ0) is 20.6.